The normalized spacial score (nSPS) is 13.9. The number of aryl methyl sites for hydroxylation is 1. The van der Waals surface area contributed by atoms with Crippen molar-refractivity contribution in [2.45, 2.75) is 40.5 Å². The smallest absolute Gasteiger partial charge is 0.338 e. The van der Waals surface area contributed by atoms with Gasteiger partial charge in [0, 0.05) is 24.3 Å². The van der Waals surface area contributed by atoms with Gasteiger partial charge in [0.1, 0.15) is 11.5 Å². The molecule has 1 saturated heterocycles. The predicted octanol–water partition coefficient (Wildman–Crippen LogP) is 6.35. The third-order valence-corrected chi connectivity index (χ3v) is 7.20. The standard InChI is InChI=1S/C31H35N7O3/c1-5-40-28(39)24-11-9-23(10-12-24)27-14-13-25(41-27)19-32-37-30-34-29(33-26-8-6-7-21(3)22(26)4)35-31(36-30)38-17-15-20(2)16-18-38/h6-14,19-20H,5,15-18H2,1-4H3,(H2,33,34,35,36,37)/b32-19-. The molecule has 3 heterocycles. The van der Waals surface area contributed by atoms with Crippen LogP contribution in [0.25, 0.3) is 11.3 Å². The van der Waals surface area contributed by atoms with E-state index in [4.69, 9.17) is 14.1 Å². The SMILES string of the molecule is CCOC(=O)c1ccc(-c2ccc(/C=N\Nc3nc(Nc4cccc(C)c4C)nc(N4CCC(C)CC4)n3)o2)cc1. The summed E-state index contributed by atoms with van der Waals surface area (Å²) in [4.78, 5) is 28.1. The number of carbonyl (C=O) groups is 1. The third kappa shape index (κ3) is 6.89. The van der Waals surface area contributed by atoms with E-state index in [-0.39, 0.29) is 5.97 Å². The molecule has 0 aliphatic carbocycles. The van der Waals surface area contributed by atoms with Gasteiger partial charge in [-0.3, -0.25) is 0 Å². The number of hydrogen-bond acceptors (Lipinski definition) is 10. The van der Waals surface area contributed by atoms with Gasteiger partial charge >= 0.3 is 5.97 Å². The fourth-order valence-corrected chi connectivity index (χ4v) is 4.54. The zero-order valence-electron chi connectivity index (χ0n) is 23.8. The summed E-state index contributed by atoms with van der Waals surface area (Å²) >= 11 is 0. The highest BCUT2D eigenvalue weighted by Crippen LogP contribution is 2.26. The summed E-state index contributed by atoms with van der Waals surface area (Å²) < 4.78 is 11.0. The number of esters is 1. The van der Waals surface area contributed by atoms with Crippen LogP contribution in [0.4, 0.5) is 23.5 Å². The molecule has 10 nitrogen and oxygen atoms in total. The van der Waals surface area contributed by atoms with E-state index >= 15 is 0 Å². The monoisotopic (exact) mass is 553 g/mol. The Bertz CT molecular complexity index is 1520. The Hall–Kier alpha value is -4.73. The molecule has 10 heteroatoms. The Morgan fingerprint density at radius 1 is 1.05 bits per heavy atom. The molecule has 0 amide bonds. The number of anilines is 4. The second kappa shape index (κ2) is 12.6. The zero-order valence-corrected chi connectivity index (χ0v) is 23.8. The molecular weight excluding hydrogens is 518 g/mol. The van der Waals surface area contributed by atoms with Gasteiger partial charge in [0.05, 0.1) is 18.4 Å². The molecule has 0 bridgehead atoms. The van der Waals surface area contributed by atoms with Crippen LogP contribution in [0.5, 0.6) is 0 Å². The number of piperidine rings is 1. The van der Waals surface area contributed by atoms with Crippen LogP contribution >= 0.6 is 0 Å². The number of furan rings is 1. The van der Waals surface area contributed by atoms with Crippen molar-refractivity contribution in [3.8, 4) is 11.3 Å². The number of nitrogens with one attached hydrogen (secondary N) is 2. The number of hydrogen-bond donors (Lipinski definition) is 2. The Morgan fingerprint density at radius 3 is 2.56 bits per heavy atom. The molecule has 4 aromatic rings. The molecule has 1 aliphatic rings. The number of hydrazone groups is 1. The molecule has 0 unspecified atom stereocenters. The Balaban J connectivity index is 1.32. The number of carbonyl (C=O) groups excluding carboxylic acids is 1. The number of rotatable bonds is 9. The van der Waals surface area contributed by atoms with Gasteiger partial charge in [-0.25, -0.2) is 10.2 Å². The molecule has 1 fully saturated rings. The minimum atomic E-state index is -0.346. The van der Waals surface area contributed by atoms with Crippen molar-refractivity contribution in [3.63, 3.8) is 0 Å². The molecule has 41 heavy (non-hydrogen) atoms. The third-order valence-electron chi connectivity index (χ3n) is 7.20. The van der Waals surface area contributed by atoms with Crippen molar-refractivity contribution in [3.05, 3.63) is 77.0 Å². The maximum atomic E-state index is 11.9. The Labute approximate surface area is 239 Å². The lowest BCUT2D eigenvalue weighted by Gasteiger charge is -2.30. The summed E-state index contributed by atoms with van der Waals surface area (Å²) in [6.45, 7) is 10.3. The maximum absolute atomic E-state index is 11.9. The lowest BCUT2D eigenvalue weighted by atomic mass is 10.00. The second-order valence-corrected chi connectivity index (χ2v) is 10.2. The highest BCUT2D eigenvalue weighted by molar-refractivity contribution is 5.90. The fourth-order valence-electron chi connectivity index (χ4n) is 4.54. The summed E-state index contributed by atoms with van der Waals surface area (Å²) in [5.41, 5.74) is 7.55. The van der Waals surface area contributed by atoms with Crippen LogP contribution in [0.1, 0.15) is 53.9 Å². The minimum Gasteiger partial charge on any atom is -0.462 e. The minimum absolute atomic E-state index is 0.332. The highest BCUT2D eigenvalue weighted by Gasteiger charge is 2.20. The quantitative estimate of drug-likeness (QED) is 0.139. The van der Waals surface area contributed by atoms with E-state index < -0.39 is 0 Å². The molecule has 1 aliphatic heterocycles. The van der Waals surface area contributed by atoms with E-state index in [1.165, 1.54) is 5.56 Å². The van der Waals surface area contributed by atoms with Crippen molar-refractivity contribution in [2.24, 2.45) is 11.0 Å². The highest BCUT2D eigenvalue weighted by atomic mass is 16.5. The summed E-state index contributed by atoms with van der Waals surface area (Å²) in [6, 6.07) is 16.9. The lowest BCUT2D eigenvalue weighted by Crippen LogP contribution is -2.34. The largest absolute Gasteiger partial charge is 0.462 e. The summed E-state index contributed by atoms with van der Waals surface area (Å²) in [7, 11) is 0. The molecular formula is C31H35N7O3. The van der Waals surface area contributed by atoms with Crippen LogP contribution in [0, 0.1) is 19.8 Å². The molecule has 0 radical (unpaired) electrons. The molecule has 0 atom stereocenters. The van der Waals surface area contributed by atoms with Gasteiger partial charge < -0.3 is 19.4 Å². The molecule has 2 aromatic carbocycles. The number of nitrogens with zero attached hydrogens (tertiary/aromatic N) is 5. The molecule has 0 saturated carbocycles. The van der Waals surface area contributed by atoms with Crippen molar-refractivity contribution >= 4 is 35.7 Å². The van der Waals surface area contributed by atoms with Gasteiger partial charge in [-0.15, -0.1) is 0 Å². The maximum Gasteiger partial charge on any atom is 0.338 e. The number of benzene rings is 2. The van der Waals surface area contributed by atoms with Crippen LogP contribution in [0.15, 0.2) is 64.1 Å². The molecule has 2 N–H and O–H groups in total. The van der Waals surface area contributed by atoms with Crippen LogP contribution in [-0.2, 0) is 4.74 Å². The number of aromatic nitrogens is 3. The van der Waals surface area contributed by atoms with E-state index in [9.17, 15) is 4.79 Å². The van der Waals surface area contributed by atoms with Crippen molar-refractivity contribution in [1.29, 1.82) is 0 Å². The van der Waals surface area contributed by atoms with E-state index in [0.717, 1.165) is 42.7 Å². The average Bonchev–Trinajstić information content (AvgIpc) is 3.45. The van der Waals surface area contributed by atoms with E-state index in [0.29, 0.717) is 47.5 Å². The molecule has 212 valence electrons. The van der Waals surface area contributed by atoms with E-state index in [1.807, 2.05) is 36.4 Å². The van der Waals surface area contributed by atoms with Gasteiger partial charge in [-0.1, -0.05) is 31.2 Å². The van der Waals surface area contributed by atoms with Crippen LogP contribution in [0.3, 0.4) is 0 Å². The summed E-state index contributed by atoms with van der Waals surface area (Å²) in [5, 5.41) is 7.69. The summed E-state index contributed by atoms with van der Waals surface area (Å²) in [6.07, 6.45) is 3.76. The zero-order chi connectivity index (χ0) is 28.8. The van der Waals surface area contributed by atoms with Crippen molar-refractivity contribution < 1.29 is 13.9 Å². The van der Waals surface area contributed by atoms with Crippen LogP contribution < -0.4 is 15.6 Å². The topological polar surface area (TPSA) is 118 Å². The van der Waals surface area contributed by atoms with E-state index in [1.54, 1.807) is 25.3 Å². The van der Waals surface area contributed by atoms with Gasteiger partial charge in [-0.05, 0) is 81.0 Å². The van der Waals surface area contributed by atoms with Crippen LogP contribution in [0.2, 0.25) is 0 Å². The van der Waals surface area contributed by atoms with Gasteiger partial charge in [0.25, 0.3) is 0 Å². The summed E-state index contributed by atoms with van der Waals surface area (Å²) in [5.74, 6) is 2.95. The molecule has 0 spiro atoms. The van der Waals surface area contributed by atoms with Crippen molar-refractivity contribution in [1.82, 2.24) is 15.0 Å². The lowest BCUT2D eigenvalue weighted by molar-refractivity contribution is 0.0526. The molecule has 5 rings (SSSR count). The average molecular weight is 554 g/mol. The first-order valence-electron chi connectivity index (χ1n) is 13.9. The first-order chi connectivity index (χ1) is 19.9. The Morgan fingerprint density at radius 2 is 1.80 bits per heavy atom. The molecule has 2 aromatic heterocycles. The van der Waals surface area contributed by atoms with Crippen LogP contribution in [-0.4, -0.2) is 46.8 Å². The fraction of sp³-hybridized carbons (Fsp3) is 0.323. The van der Waals surface area contributed by atoms with Gasteiger partial charge in [-0.2, -0.15) is 20.1 Å². The van der Waals surface area contributed by atoms with Crippen molar-refractivity contribution in [2.75, 3.05) is 35.3 Å². The Kier molecular flexibility index (Phi) is 8.57. The van der Waals surface area contributed by atoms with E-state index in [2.05, 4.69) is 57.5 Å². The second-order valence-electron chi connectivity index (χ2n) is 10.2. The van der Waals surface area contributed by atoms with Gasteiger partial charge in [0.2, 0.25) is 17.8 Å². The predicted molar refractivity (Wildman–Crippen MR) is 161 cm³/mol. The van der Waals surface area contributed by atoms with Gasteiger partial charge in [0.15, 0.2) is 0 Å². The first kappa shape index (κ1) is 27.8. The number of ether oxygens (including phenoxy) is 1. The first-order valence-corrected chi connectivity index (χ1v) is 13.9.